The number of carbonyl (C=O) groups is 1. The van der Waals surface area contributed by atoms with Gasteiger partial charge in [-0.3, -0.25) is 4.79 Å². The Morgan fingerprint density at radius 2 is 2.10 bits per heavy atom. The average molecular weight is 317 g/mol. The molecule has 120 valence electrons. The van der Waals surface area contributed by atoms with Crippen LogP contribution in [0.5, 0.6) is 5.75 Å². The van der Waals surface area contributed by atoms with Gasteiger partial charge in [0.1, 0.15) is 5.75 Å². The van der Waals surface area contributed by atoms with E-state index in [1.54, 1.807) is 7.11 Å². The van der Waals surface area contributed by atoms with Gasteiger partial charge in [-0.1, -0.05) is 25.5 Å². The summed E-state index contributed by atoms with van der Waals surface area (Å²) in [6.07, 6.45) is 2.03. The molecule has 0 fully saturated rings. The van der Waals surface area contributed by atoms with Crippen LogP contribution in [0.4, 0.5) is 5.69 Å². The molecular formula is C15H25ClN2O3. The quantitative estimate of drug-likeness (QED) is 0.687. The number of carbonyl (C=O) groups excluding carboxylic acids is 1. The SMILES string of the molecule is CCCCOc1ccccc1NC(=O)CC(CN)OC.Cl. The highest BCUT2D eigenvalue weighted by Crippen LogP contribution is 2.24. The molecular weight excluding hydrogens is 292 g/mol. The number of benzene rings is 1. The Morgan fingerprint density at radius 1 is 1.38 bits per heavy atom. The Hall–Kier alpha value is -1.30. The van der Waals surface area contributed by atoms with Gasteiger partial charge in [0.25, 0.3) is 0 Å². The summed E-state index contributed by atoms with van der Waals surface area (Å²) in [5.74, 6) is 0.560. The Balaban J connectivity index is 0.00000400. The number of ether oxygens (including phenoxy) is 2. The van der Waals surface area contributed by atoms with Crippen molar-refractivity contribution in [2.24, 2.45) is 5.73 Å². The minimum absolute atomic E-state index is 0. The van der Waals surface area contributed by atoms with E-state index in [1.807, 2.05) is 24.3 Å². The maximum Gasteiger partial charge on any atom is 0.227 e. The first-order valence-corrected chi connectivity index (χ1v) is 6.95. The van der Waals surface area contributed by atoms with Crippen molar-refractivity contribution >= 4 is 24.0 Å². The van der Waals surface area contributed by atoms with Crippen LogP contribution in [0.15, 0.2) is 24.3 Å². The summed E-state index contributed by atoms with van der Waals surface area (Å²) in [6.45, 7) is 3.07. The topological polar surface area (TPSA) is 73.6 Å². The van der Waals surface area contributed by atoms with Crippen LogP contribution >= 0.6 is 12.4 Å². The number of halogens is 1. The molecule has 3 N–H and O–H groups in total. The highest BCUT2D eigenvalue weighted by molar-refractivity contribution is 5.92. The maximum atomic E-state index is 11.9. The van der Waals surface area contributed by atoms with Crippen molar-refractivity contribution in [3.8, 4) is 5.75 Å². The molecule has 5 nitrogen and oxygen atoms in total. The molecule has 0 aliphatic carbocycles. The number of methoxy groups -OCH3 is 1. The summed E-state index contributed by atoms with van der Waals surface area (Å²) in [6, 6.07) is 7.42. The smallest absolute Gasteiger partial charge is 0.227 e. The minimum atomic E-state index is -0.261. The third-order valence-corrected chi connectivity index (χ3v) is 2.93. The van der Waals surface area contributed by atoms with Gasteiger partial charge >= 0.3 is 0 Å². The average Bonchev–Trinajstić information content (AvgIpc) is 2.46. The van der Waals surface area contributed by atoms with Crippen LogP contribution in [0.3, 0.4) is 0 Å². The van der Waals surface area contributed by atoms with Crippen molar-refractivity contribution in [1.82, 2.24) is 0 Å². The fourth-order valence-corrected chi connectivity index (χ4v) is 1.69. The number of hydrogen-bond acceptors (Lipinski definition) is 4. The van der Waals surface area contributed by atoms with Crippen LogP contribution in [0.1, 0.15) is 26.2 Å². The summed E-state index contributed by atoms with van der Waals surface area (Å²) in [5, 5.41) is 2.84. The van der Waals surface area contributed by atoms with Crippen LogP contribution in [0, 0.1) is 0 Å². The van der Waals surface area contributed by atoms with E-state index in [-0.39, 0.29) is 30.8 Å². The zero-order chi connectivity index (χ0) is 14.8. The summed E-state index contributed by atoms with van der Waals surface area (Å²) in [5.41, 5.74) is 6.19. The zero-order valence-electron chi connectivity index (χ0n) is 12.6. The molecule has 0 aromatic heterocycles. The largest absolute Gasteiger partial charge is 0.491 e. The van der Waals surface area contributed by atoms with Crippen molar-refractivity contribution in [3.63, 3.8) is 0 Å². The van der Waals surface area contributed by atoms with Gasteiger partial charge in [0.2, 0.25) is 5.91 Å². The number of anilines is 1. The van der Waals surface area contributed by atoms with Gasteiger partial charge in [-0.2, -0.15) is 0 Å². The van der Waals surface area contributed by atoms with E-state index in [0.717, 1.165) is 12.8 Å². The first-order valence-electron chi connectivity index (χ1n) is 6.95. The second-order valence-corrected chi connectivity index (χ2v) is 4.54. The highest BCUT2D eigenvalue weighted by Gasteiger charge is 2.13. The highest BCUT2D eigenvalue weighted by atomic mass is 35.5. The lowest BCUT2D eigenvalue weighted by molar-refractivity contribution is -0.118. The van der Waals surface area contributed by atoms with Gasteiger partial charge < -0.3 is 20.5 Å². The third-order valence-electron chi connectivity index (χ3n) is 2.93. The molecule has 0 aliphatic rings. The molecule has 6 heteroatoms. The first-order chi connectivity index (χ1) is 9.71. The summed E-state index contributed by atoms with van der Waals surface area (Å²) >= 11 is 0. The van der Waals surface area contributed by atoms with E-state index in [2.05, 4.69) is 12.2 Å². The predicted octanol–water partition coefficient (Wildman–Crippen LogP) is 2.59. The number of para-hydroxylation sites is 2. The van der Waals surface area contributed by atoms with Crippen LogP contribution in [0.25, 0.3) is 0 Å². The number of rotatable bonds is 9. The maximum absolute atomic E-state index is 11.9. The first kappa shape index (κ1) is 19.7. The summed E-state index contributed by atoms with van der Waals surface area (Å²) in [7, 11) is 1.55. The molecule has 1 aromatic rings. The minimum Gasteiger partial charge on any atom is -0.491 e. The third kappa shape index (κ3) is 7.32. The van der Waals surface area contributed by atoms with E-state index in [0.29, 0.717) is 24.6 Å². The molecule has 0 spiro atoms. The van der Waals surface area contributed by atoms with E-state index in [9.17, 15) is 4.79 Å². The lowest BCUT2D eigenvalue weighted by Gasteiger charge is -2.15. The van der Waals surface area contributed by atoms with Gasteiger partial charge in [0.15, 0.2) is 0 Å². The van der Waals surface area contributed by atoms with E-state index in [1.165, 1.54) is 0 Å². The molecule has 1 unspecified atom stereocenters. The van der Waals surface area contributed by atoms with Gasteiger partial charge in [0.05, 0.1) is 24.8 Å². The zero-order valence-corrected chi connectivity index (χ0v) is 13.4. The molecule has 1 atom stereocenters. The second-order valence-electron chi connectivity index (χ2n) is 4.54. The number of nitrogens with two attached hydrogens (primary N) is 1. The van der Waals surface area contributed by atoms with Crippen molar-refractivity contribution in [3.05, 3.63) is 24.3 Å². The fraction of sp³-hybridized carbons (Fsp3) is 0.533. The van der Waals surface area contributed by atoms with E-state index < -0.39 is 0 Å². The molecule has 1 aromatic carbocycles. The van der Waals surface area contributed by atoms with Crippen molar-refractivity contribution in [2.45, 2.75) is 32.3 Å². The summed E-state index contributed by atoms with van der Waals surface area (Å²) < 4.78 is 10.8. The Bertz CT molecular complexity index is 412. The molecule has 0 radical (unpaired) electrons. The molecule has 1 amide bonds. The molecule has 21 heavy (non-hydrogen) atoms. The number of unbranched alkanes of at least 4 members (excludes halogenated alkanes) is 1. The van der Waals surface area contributed by atoms with Crippen LogP contribution < -0.4 is 15.8 Å². The van der Waals surface area contributed by atoms with E-state index in [4.69, 9.17) is 15.2 Å². The Labute approximate surface area is 132 Å². The Kier molecular flexibility index (Phi) is 10.7. The van der Waals surface area contributed by atoms with Gasteiger partial charge in [-0.05, 0) is 18.6 Å². The standard InChI is InChI=1S/C15H24N2O3.ClH/c1-3-4-9-20-14-8-6-5-7-13(14)17-15(18)10-12(11-16)19-2;/h5-8,12H,3-4,9-11,16H2,1-2H3,(H,17,18);1H. The molecule has 0 saturated heterocycles. The monoisotopic (exact) mass is 316 g/mol. The number of nitrogens with one attached hydrogen (secondary N) is 1. The number of amides is 1. The summed E-state index contributed by atoms with van der Waals surface area (Å²) in [4.78, 5) is 11.9. The van der Waals surface area contributed by atoms with Gasteiger partial charge in [-0.25, -0.2) is 0 Å². The fourth-order valence-electron chi connectivity index (χ4n) is 1.69. The van der Waals surface area contributed by atoms with Crippen molar-refractivity contribution in [2.75, 3.05) is 25.6 Å². The molecule has 0 saturated carbocycles. The lowest BCUT2D eigenvalue weighted by atomic mass is 10.2. The molecule has 0 aliphatic heterocycles. The number of hydrogen-bond donors (Lipinski definition) is 2. The van der Waals surface area contributed by atoms with Gasteiger partial charge in [0, 0.05) is 13.7 Å². The molecule has 1 rings (SSSR count). The predicted molar refractivity (Wildman–Crippen MR) is 87.2 cm³/mol. The van der Waals surface area contributed by atoms with Crippen molar-refractivity contribution in [1.29, 1.82) is 0 Å². The van der Waals surface area contributed by atoms with Crippen LogP contribution in [-0.2, 0) is 9.53 Å². The van der Waals surface area contributed by atoms with Gasteiger partial charge in [-0.15, -0.1) is 12.4 Å². The Morgan fingerprint density at radius 3 is 2.71 bits per heavy atom. The van der Waals surface area contributed by atoms with E-state index >= 15 is 0 Å². The van der Waals surface area contributed by atoms with Crippen LogP contribution in [0.2, 0.25) is 0 Å². The molecule has 0 heterocycles. The lowest BCUT2D eigenvalue weighted by Crippen LogP contribution is -2.28. The normalized spacial score (nSPS) is 11.4. The second kappa shape index (κ2) is 11.4. The van der Waals surface area contributed by atoms with Crippen LogP contribution in [-0.4, -0.2) is 32.3 Å². The molecule has 0 bridgehead atoms. The van der Waals surface area contributed by atoms with Crippen molar-refractivity contribution < 1.29 is 14.3 Å².